The average molecular weight is 209 g/mol. The molecular weight excluding hydrogens is 190 g/mol. The second kappa shape index (κ2) is 6.87. The highest BCUT2D eigenvalue weighted by Gasteiger charge is 2.03. The number of rotatable bonds is 2. The first-order valence-electron chi connectivity index (χ1n) is 5.05. The molecule has 3 nitrogen and oxygen atoms in total. The molecule has 1 N–H and O–H groups in total. The Morgan fingerprint density at radius 3 is 2.40 bits per heavy atom. The first kappa shape index (κ1) is 13.5. The lowest BCUT2D eigenvalue weighted by atomic mass is 10.2. The summed E-state index contributed by atoms with van der Waals surface area (Å²) >= 11 is 0. The molecule has 1 aromatic rings. The summed E-state index contributed by atoms with van der Waals surface area (Å²) in [6.45, 7) is 7.44. The highest BCUT2D eigenvalue weighted by molar-refractivity contribution is 5.90. The summed E-state index contributed by atoms with van der Waals surface area (Å²) in [5.41, 5.74) is 1.81. The number of anilines is 1. The van der Waals surface area contributed by atoms with Gasteiger partial charge in [0.05, 0.1) is 12.8 Å². The molecule has 0 aliphatic carbocycles. The van der Waals surface area contributed by atoms with Crippen LogP contribution in [0, 0.1) is 6.92 Å². The fourth-order valence-corrected chi connectivity index (χ4v) is 1.09. The number of benzene rings is 1. The minimum absolute atomic E-state index is 0.0952. The smallest absolute Gasteiger partial charge is 0.221 e. The largest absolute Gasteiger partial charge is 0.495 e. The molecule has 0 aliphatic rings. The number of hydrogen-bond donors (Lipinski definition) is 1. The van der Waals surface area contributed by atoms with Crippen molar-refractivity contribution in [2.75, 3.05) is 12.4 Å². The van der Waals surface area contributed by atoms with Gasteiger partial charge in [0.25, 0.3) is 0 Å². The summed E-state index contributed by atoms with van der Waals surface area (Å²) in [5.74, 6) is 0.595. The van der Waals surface area contributed by atoms with Crippen LogP contribution in [0.3, 0.4) is 0 Å². The van der Waals surface area contributed by atoms with Crippen LogP contribution in [0.2, 0.25) is 0 Å². The molecule has 3 heteroatoms. The number of aryl methyl sites for hydroxylation is 1. The summed E-state index contributed by atoms with van der Waals surface area (Å²) in [6, 6.07) is 5.63. The van der Waals surface area contributed by atoms with Gasteiger partial charge in [-0.05, 0) is 24.6 Å². The zero-order valence-corrected chi connectivity index (χ0v) is 10.0. The first-order valence-corrected chi connectivity index (χ1v) is 5.05. The molecule has 0 radical (unpaired) electrons. The lowest BCUT2D eigenvalue weighted by Gasteiger charge is -2.08. The number of carbonyl (C=O) groups is 1. The monoisotopic (exact) mass is 209 g/mol. The van der Waals surface area contributed by atoms with E-state index in [0.717, 1.165) is 5.56 Å². The molecule has 1 rings (SSSR count). The number of methoxy groups -OCH3 is 1. The van der Waals surface area contributed by atoms with Crippen LogP contribution in [-0.4, -0.2) is 13.0 Å². The molecule has 0 unspecified atom stereocenters. The van der Waals surface area contributed by atoms with Gasteiger partial charge in [0.1, 0.15) is 5.75 Å². The van der Waals surface area contributed by atoms with Gasteiger partial charge in [-0.3, -0.25) is 4.79 Å². The van der Waals surface area contributed by atoms with Crippen molar-refractivity contribution in [2.24, 2.45) is 0 Å². The maximum atomic E-state index is 10.8. The normalized spacial score (nSPS) is 8.60. The van der Waals surface area contributed by atoms with Crippen LogP contribution in [-0.2, 0) is 4.79 Å². The van der Waals surface area contributed by atoms with E-state index in [9.17, 15) is 4.79 Å². The zero-order valence-electron chi connectivity index (χ0n) is 10.0. The van der Waals surface area contributed by atoms with Gasteiger partial charge in [-0.15, -0.1) is 0 Å². The fourth-order valence-electron chi connectivity index (χ4n) is 1.09. The van der Waals surface area contributed by atoms with Gasteiger partial charge in [0.15, 0.2) is 0 Å². The quantitative estimate of drug-likeness (QED) is 0.813. The van der Waals surface area contributed by atoms with Crippen LogP contribution in [0.25, 0.3) is 0 Å². The van der Waals surface area contributed by atoms with Crippen molar-refractivity contribution in [3.63, 3.8) is 0 Å². The molecule has 0 atom stereocenters. The summed E-state index contributed by atoms with van der Waals surface area (Å²) in [6.07, 6.45) is 0. The van der Waals surface area contributed by atoms with Gasteiger partial charge in [0.2, 0.25) is 5.91 Å². The van der Waals surface area contributed by atoms with Crippen LogP contribution >= 0.6 is 0 Å². The molecule has 0 aliphatic heterocycles. The maximum absolute atomic E-state index is 10.8. The number of amides is 1. The molecule has 1 aromatic carbocycles. The third-order valence-electron chi connectivity index (χ3n) is 1.67. The molecule has 0 heterocycles. The molecular formula is C12H19NO2. The third kappa shape index (κ3) is 4.49. The van der Waals surface area contributed by atoms with Crippen molar-refractivity contribution in [3.05, 3.63) is 23.8 Å². The molecule has 15 heavy (non-hydrogen) atoms. The van der Waals surface area contributed by atoms with Crippen molar-refractivity contribution >= 4 is 11.6 Å². The van der Waals surface area contributed by atoms with Gasteiger partial charge < -0.3 is 10.1 Å². The van der Waals surface area contributed by atoms with Crippen molar-refractivity contribution in [2.45, 2.75) is 27.7 Å². The maximum Gasteiger partial charge on any atom is 0.221 e. The van der Waals surface area contributed by atoms with Crippen LogP contribution in [0.5, 0.6) is 5.75 Å². The van der Waals surface area contributed by atoms with E-state index in [2.05, 4.69) is 5.32 Å². The molecule has 0 fully saturated rings. The average Bonchev–Trinajstić information content (AvgIpc) is 2.23. The molecule has 0 spiro atoms. The van der Waals surface area contributed by atoms with E-state index in [1.54, 1.807) is 7.11 Å². The van der Waals surface area contributed by atoms with Crippen LogP contribution in [0.15, 0.2) is 18.2 Å². The standard InChI is InChI=1S/C10H13NO2.C2H6/c1-7-4-5-9(11-8(2)12)10(6-7)13-3;1-2/h4-6H,1-3H3,(H,11,12);1-2H3. The van der Waals surface area contributed by atoms with Gasteiger partial charge >= 0.3 is 0 Å². The molecule has 0 aromatic heterocycles. The van der Waals surface area contributed by atoms with Gasteiger partial charge in [-0.25, -0.2) is 0 Å². The second-order valence-corrected chi connectivity index (χ2v) is 2.88. The summed E-state index contributed by atoms with van der Waals surface area (Å²) in [5, 5.41) is 2.69. The van der Waals surface area contributed by atoms with Crippen molar-refractivity contribution in [3.8, 4) is 5.75 Å². The Morgan fingerprint density at radius 1 is 1.33 bits per heavy atom. The highest BCUT2D eigenvalue weighted by atomic mass is 16.5. The molecule has 1 amide bonds. The Kier molecular flexibility index (Phi) is 6.18. The molecule has 0 saturated carbocycles. The van der Waals surface area contributed by atoms with Gasteiger partial charge in [0, 0.05) is 6.92 Å². The Hall–Kier alpha value is -1.51. The lowest BCUT2D eigenvalue weighted by molar-refractivity contribution is -0.114. The predicted molar refractivity (Wildman–Crippen MR) is 63.4 cm³/mol. The molecule has 0 bridgehead atoms. The van der Waals surface area contributed by atoms with E-state index in [1.807, 2.05) is 39.0 Å². The van der Waals surface area contributed by atoms with E-state index >= 15 is 0 Å². The predicted octanol–water partition coefficient (Wildman–Crippen LogP) is 2.99. The number of carbonyl (C=O) groups excluding carboxylic acids is 1. The van der Waals surface area contributed by atoms with E-state index in [-0.39, 0.29) is 5.91 Å². The highest BCUT2D eigenvalue weighted by Crippen LogP contribution is 2.24. The van der Waals surface area contributed by atoms with Crippen molar-refractivity contribution < 1.29 is 9.53 Å². The minimum Gasteiger partial charge on any atom is -0.495 e. The minimum atomic E-state index is -0.0952. The van der Waals surface area contributed by atoms with Crippen LogP contribution < -0.4 is 10.1 Å². The SMILES string of the molecule is CC.COc1cc(C)ccc1NC(C)=O. The topological polar surface area (TPSA) is 38.3 Å². The van der Waals surface area contributed by atoms with Crippen molar-refractivity contribution in [1.82, 2.24) is 0 Å². The Morgan fingerprint density at radius 2 is 1.93 bits per heavy atom. The summed E-state index contributed by atoms with van der Waals surface area (Å²) in [7, 11) is 1.58. The first-order chi connectivity index (χ1) is 7.13. The zero-order chi connectivity index (χ0) is 11.8. The number of nitrogens with one attached hydrogen (secondary N) is 1. The Balaban J connectivity index is 0.000000921. The van der Waals surface area contributed by atoms with E-state index in [4.69, 9.17) is 4.74 Å². The molecule has 84 valence electrons. The third-order valence-corrected chi connectivity index (χ3v) is 1.67. The van der Waals surface area contributed by atoms with Crippen LogP contribution in [0.4, 0.5) is 5.69 Å². The molecule has 0 saturated heterocycles. The Bertz CT molecular complexity index is 321. The lowest BCUT2D eigenvalue weighted by Crippen LogP contribution is -2.07. The van der Waals surface area contributed by atoms with Crippen LogP contribution in [0.1, 0.15) is 26.3 Å². The summed E-state index contributed by atoms with van der Waals surface area (Å²) < 4.78 is 5.11. The fraction of sp³-hybridized carbons (Fsp3) is 0.417. The van der Waals surface area contributed by atoms with E-state index < -0.39 is 0 Å². The summed E-state index contributed by atoms with van der Waals surface area (Å²) in [4.78, 5) is 10.8. The van der Waals surface area contributed by atoms with Crippen molar-refractivity contribution in [1.29, 1.82) is 0 Å². The second-order valence-electron chi connectivity index (χ2n) is 2.88. The number of ether oxygens (including phenoxy) is 1. The Labute approximate surface area is 91.5 Å². The van der Waals surface area contributed by atoms with Gasteiger partial charge in [-0.1, -0.05) is 19.9 Å². The number of hydrogen-bond acceptors (Lipinski definition) is 2. The van der Waals surface area contributed by atoms with Gasteiger partial charge in [-0.2, -0.15) is 0 Å². The van der Waals surface area contributed by atoms with E-state index in [1.165, 1.54) is 6.92 Å². The van der Waals surface area contributed by atoms with E-state index in [0.29, 0.717) is 11.4 Å².